The molecule has 0 unspecified atom stereocenters. The highest BCUT2D eigenvalue weighted by atomic mass is 16.5. The molecule has 1 saturated heterocycles. The zero-order valence-electron chi connectivity index (χ0n) is 8.20. The zero-order valence-corrected chi connectivity index (χ0v) is 8.20. The fourth-order valence-electron chi connectivity index (χ4n) is 1.32. The maximum Gasteiger partial charge on any atom is 0.0889 e. The standard InChI is InChI=1S/C9H17N3O/c1-10-9-11-3-2-4-12-5-7-13-8-6-12/h2-8H2,1H3. The smallest absolute Gasteiger partial charge is 0.0889 e. The predicted octanol–water partition coefficient (Wildman–Crippen LogP) is 0.512. The molecule has 0 aliphatic carbocycles. The summed E-state index contributed by atoms with van der Waals surface area (Å²) in [6.45, 7) is 5.81. The molecule has 13 heavy (non-hydrogen) atoms. The summed E-state index contributed by atoms with van der Waals surface area (Å²) in [5.41, 5.74) is 0. The summed E-state index contributed by atoms with van der Waals surface area (Å²) in [6.07, 6.45) is 1.09. The van der Waals surface area contributed by atoms with Gasteiger partial charge < -0.3 is 4.74 Å². The second-order valence-corrected chi connectivity index (χ2v) is 3.01. The molecule has 4 nitrogen and oxygen atoms in total. The lowest BCUT2D eigenvalue weighted by atomic mass is 10.3. The Morgan fingerprint density at radius 3 is 2.85 bits per heavy atom. The van der Waals surface area contributed by atoms with Crippen molar-refractivity contribution in [2.45, 2.75) is 6.42 Å². The Kier molecular flexibility index (Phi) is 5.41. The van der Waals surface area contributed by atoms with Crippen LogP contribution in [0.5, 0.6) is 0 Å². The molecule has 0 spiro atoms. The van der Waals surface area contributed by atoms with Crippen LogP contribution in [-0.2, 0) is 4.74 Å². The van der Waals surface area contributed by atoms with E-state index >= 15 is 0 Å². The van der Waals surface area contributed by atoms with E-state index in [-0.39, 0.29) is 0 Å². The van der Waals surface area contributed by atoms with Crippen molar-refractivity contribution in [3.8, 4) is 0 Å². The molecule has 0 amide bonds. The molecule has 0 aromatic heterocycles. The lowest BCUT2D eigenvalue weighted by molar-refractivity contribution is 0.0377. The van der Waals surface area contributed by atoms with Crippen molar-refractivity contribution < 1.29 is 4.74 Å². The average Bonchev–Trinajstić information content (AvgIpc) is 2.19. The van der Waals surface area contributed by atoms with E-state index < -0.39 is 0 Å². The Morgan fingerprint density at radius 2 is 2.15 bits per heavy atom. The summed E-state index contributed by atoms with van der Waals surface area (Å²) in [5, 5.41) is 0. The van der Waals surface area contributed by atoms with Gasteiger partial charge in [-0.3, -0.25) is 4.90 Å². The minimum Gasteiger partial charge on any atom is -0.379 e. The van der Waals surface area contributed by atoms with Crippen molar-refractivity contribution in [2.75, 3.05) is 46.4 Å². The van der Waals surface area contributed by atoms with Crippen LogP contribution in [0.1, 0.15) is 6.42 Å². The van der Waals surface area contributed by atoms with Gasteiger partial charge in [-0.05, 0) is 6.42 Å². The monoisotopic (exact) mass is 183 g/mol. The lowest BCUT2D eigenvalue weighted by Crippen LogP contribution is -2.37. The molecule has 0 saturated carbocycles. The molecular weight excluding hydrogens is 166 g/mol. The van der Waals surface area contributed by atoms with Gasteiger partial charge >= 0.3 is 0 Å². The minimum atomic E-state index is 0.828. The number of hydrogen-bond donors (Lipinski definition) is 0. The molecule has 1 heterocycles. The van der Waals surface area contributed by atoms with Gasteiger partial charge in [0, 0.05) is 26.7 Å². The maximum absolute atomic E-state index is 5.25. The topological polar surface area (TPSA) is 37.2 Å². The summed E-state index contributed by atoms with van der Waals surface area (Å²) in [7, 11) is 1.69. The second-order valence-electron chi connectivity index (χ2n) is 3.01. The second kappa shape index (κ2) is 6.78. The van der Waals surface area contributed by atoms with Crippen molar-refractivity contribution in [2.24, 2.45) is 9.98 Å². The zero-order chi connectivity index (χ0) is 9.36. The van der Waals surface area contributed by atoms with E-state index in [0.29, 0.717) is 0 Å². The highest BCUT2D eigenvalue weighted by molar-refractivity contribution is 5.40. The molecule has 0 aromatic carbocycles. The number of nitrogens with zero attached hydrogens (tertiary/aromatic N) is 3. The van der Waals surface area contributed by atoms with Crippen LogP contribution >= 0.6 is 0 Å². The van der Waals surface area contributed by atoms with Gasteiger partial charge in [-0.15, -0.1) is 0 Å². The average molecular weight is 183 g/mol. The van der Waals surface area contributed by atoms with Crippen LogP contribution in [0.2, 0.25) is 0 Å². The van der Waals surface area contributed by atoms with Crippen LogP contribution in [0.4, 0.5) is 0 Å². The largest absolute Gasteiger partial charge is 0.379 e. The summed E-state index contributed by atoms with van der Waals surface area (Å²) < 4.78 is 5.25. The molecule has 1 rings (SSSR count). The first-order valence-electron chi connectivity index (χ1n) is 4.74. The molecular formula is C9H17N3O. The summed E-state index contributed by atoms with van der Waals surface area (Å²) >= 11 is 0. The van der Waals surface area contributed by atoms with Crippen LogP contribution in [0.25, 0.3) is 0 Å². The van der Waals surface area contributed by atoms with Crippen molar-refractivity contribution in [3.63, 3.8) is 0 Å². The fourth-order valence-corrected chi connectivity index (χ4v) is 1.32. The molecule has 0 N–H and O–H groups in total. The van der Waals surface area contributed by atoms with Gasteiger partial charge in [0.1, 0.15) is 0 Å². The lowest BCUT2D eigenvalue weighted by Gasteiger charge is -2.25. The van der Waals surface area contributed by atoms with E-state index in [9.17, 15) is 0 Å². The van der Waals surface area contributed by atoms with Gasteiger partial charge in [-0.2, -0.15) is 0 Å². The predicted molar refractivity (Wildman–Crippen MR) is 52.5 cm³/mol. The van der Waals surface area contributed by atoms with Crippen LogP contribution < -0.4 is 0 Å². The first-order chi connectivity index (χ1) is 6.43. The third-order valence-electron chi connectivity index (χ3n) is 2.02. The van der Waals surface area contributed by atoms with Crippen LogP contribution in [0.3, 0.4) is 0 Å². The third-order valence-corrected chi connectivity index (χ3v) is 2.02. The van der Waals surface area contributed by atoms with E-state index in [2.05, 4.69) is 20.9 Å². The molecule has 74 valence electrons. The van der Waals surface area contributed by atoms with E-state index in [4.69, 9.17) is 4.74 Å². The first kappa shape index (κ1) is 10.4. The van der Waals surface area contributed by atoms with Gasteiger partial charge in [0.25, 0.3) is 0 Å². The van der Waals surface area contributed by atoms with Crippen LogP contribution in [0.15, 0.2) is 9.98 Å². The van der Waals surface area contributed by atoms with Crippen molar-refractivity contribution in [1.82, 2.24) is 4.90 Å². The maximum atomic E-state index is 5.25. The number of rotatable bonds is 4. The Bertz CT molecular complexity index is 181. The highest BCUT2D eigenvalue weighted by Gasteiger charge is 2.08. The SMILES string of the molecule is CN=C=NCCCN1CCOCC1. The van der Waals surface area contributed by atoms with Crippen molar-refractivity contribution in [3.05, 3.63) is 0 Å². The van der Waals surface area contributed by atoms with Gasteiger partial charge in [0.2, 0.25) is 0 Å². The van der Waals surface area contributed by atoms with E-state index in [1.807, 2.05) is 0 Å². The summed E-state index contributed by atoms with van der Waals surface area (Å²) in [5.74, 6) is 0. The van der Waals surface area contributed by atoms with Crippen LogP contribution in [0, 0.1) is 0 Å². The van der Waals surface area contributed by atoms with Gasteiger partial charge in [-0.1, -0.05) is 0 Å². The molecule has 1 fully saturated rings. The molecule has 0 radical (unpaired) electrons. The number of hydrogen-bond acceptors (Lipinski definition) is 4. The first-order valence-corrected chi connectivity index (χ1v) is 4.74. The van der Waals surface area contributed by atoms with Crippen molar-refractivity contribution >= 4 is 6.01 Å². The number of aliphatic imine (C=N–C) groups is 2. The van der Waals surface area contributed by atoms with E-state index in [1.54, 1.807) is 7.05 Å². The molecule has 1 aliphatic heterocycles. The van der Waals surface area contributed by atoms with E-state index in [0.717, 1.165) is 45.8 Å². The van der Waals surface area contributed by atoms with E-state index in [1.165, 1.54) is 0 Å². The highest BCUT2D eigenvalue weighted by Crippen LogP contribution is 1.97. The number of ether oxygens (including phenoxy) is 1. The molecule has 4 heteroatoms. The van der Waals surface area contributed by atoms with Crippen molar-refractivity contribution in [1.29, 1.82) is 0 Å². The summed E-state index contributed by atoms with van der Waals surface area (Å²) in [6, 6.07) is 2.59. The molecule has 0 atom stereocenters. The summed E-state index contributed by atoms with van der Waals surface area (Å²) in [4.78, 5) is 10.1. The van der Waals surface area contributed by atoms with Gasteiger partial charge in [0.15, 0.2) is 0 Å². The molecule has 1 aliphatic rings. The Hall–Kier alpha value is -0.700. The molecule has 0 bridgehead atoms. The Balaban J connectivity index is 2.01. The fraction of sp³-hybridized carbons (Fsp3) is 0.889. The normalized spacial score (nSPS) is 17.9. The van der Waals surface area contributed by atoms with Crippen LogP contribution in [-0.4, -0.2) is 57.3 Å². The number of morpholine rings is 1. The Labute approximate surface area is 79.3 Å². The van der Waals surface area contributed by atoms with Gasteiger partial charge in [0.05, 0.1) is 25.8 Å². The molecule has 0 aromatic rings. The minimum absolute atomic E-state index is 0.828. The quantitative estimate of drug-likeness (QED) is 0.470. The Morgan fingerprint density at radius 1 is 1.38 bits per heavy atom. The third kappa shape index (κ3) is 4.78. The van der Waals surface area contributed by atoms with Gasteiger partial charge in [-0.25, -0.2) is 9.98 Å².